The van der Waals surface area contributed by atoms with Gasteiger partial charge in [0, 0.05) is 31.7 Å². The van der Waals surface area contributed by atoms with Crippen LogP contribution in [0.5, 0.6) is 0 Å². The summed E-state index contributed by atoms with van der Waals surface area (Å²) in [6.45, 7) is 7.85. The minimum atomic E-state index is 0.696. The first kappa shape index (κ1) is 14.0. The van der Waals surface area contributed by atoms with Gasteiger partial charge in [-0.25, -0.2) is 0 Å². The highest BCUT2D eigenvalue weighted by Gasteiger charge is 2.23. The molecule has 3 nitrogen and oxygen atoms in total. The lowest BCUT2D eigenvalue weighted by Gasteiger charge is -2.36. The number of nitrogens with one attached hydrogen (secondary N) is 1. The molecule has 1 saturated carbocycles. The highest BCUT2D eigenvalue weighted by Crippen LogP contribution is 2.23. The summed E-state index contributed by atoms with van der Waals surface area (Å²) >= 11 is 0. The highest BCUT2D eigenvalue weighted by molar-refractivity contribution is 5.12. The van der Waals surface area contributed by atoms with Crippen LogP contribution < -0.4 is 5.32 Å². The van der Waals surface area contributed by atoms with Gasteiger partial charge >= 0.3 is 0 Å². The van der Waals surface area contributed by atoms with Gasteiger partial charge in [0.1, 0.15) is 0 Å². The van der Waals surface area contributed by atoms with Gasteiger partial charge in [-0.2, -0.15) is 0 Å². The van der Waals surface area contributed by atoms with Crippen molar-refractivity contribution in [1.82, 2.24) is 15.2 Å². The zero-order valence-corrected chi connectivity index (χ0v) is 12.8. The number of hydrogen-bond donors (Lipinski definition) is 1. The van der Waals surface area contributed by atoms with Crippen LogP contribution in [0.4, 0.5) is 0 Å². The molecule has 0 spiro atoms. The van der Waals surface area contributed by atoms with E-state index in [-0.39, 0.29) is 0 Å². The van der Waals surface area contributed by atoms with Gasteiger partial charge in [-0.15, -0.1) is 0 Å². The molecule has 0 amide bonds. The molecule has 2 aliphatic rings. The number of rotatable bonds is 5. The van der Waals surface area contributed by atoms with Gasteiger partial charge in [-0.1, -0.05) is 13.0 Å². The maximum Gasteiger partial charge on any atom is 0.0547 e. The predicted octanol–water partition coefficient (Wildman–Crippen LogP) is 2.95. The molecule has 3 rings (SSSR count). The Morgan fingerprint density at radius 2 is 1.95 bits per heavy atom. The number of hydrogen-bond acceptors (Lipinski definition) is 3. The van der Waals surface area contributed by atoms with Gasteiger partial charge in [-0.05, 0) is 50.7 Å². The van der Waals surface area contributed by atoms with E-state index in [4.69, 9.17) is 4.98 Å². The fraction of sp³-hybridized carbons (Fsp3) is 0.706. The first-order valence-corrected chi connectivity index (χ1v) is 8.13. The summed E-state index contributed by atoms with van der Waals surface area (Å²) < 4.78 is 0. The zero-order valence-electron chi connectivity index (χ0n) is 12.8. The summed E-state index contributed by atoms with van der Waals surface area (Å²) in [4.78, 5) is 7.41. The molecule has 1 N–H and O–H groups in total. The van der Waals surface area contributed by atoms with E-state index in [0.717, 1.165) is 25.0 Å². The number of piperidine rings is 1. The second-order valence-corrected chi connectivity index (χ2v) is 6.74. The molecular weight excluding hydrogens is 246 g/mol. The molecule has 0 bridgehead atoms. The zero-order chi connectivity index (χ0) is 13.9. The Morgan fingerprint density at radius 3 is 2.75 bits per heavy atom. The van der Waals surface area contributed by atoms with Crippen molar-refractivity contribution >= 4 is 0 Å². The number of pyridine rings is 1. The molecule has 20 heavy (non-hydrogen) atoms. The predicted molar refractivity (Wildman–Crippen MR) is 82.4 cm³/mol. The second-order valence-electron chi connectivity index (χ2n) is 6.74. The molecule has 110 valence electrons. The van der Waals surface area contributed by atoms with Crippen LogP contribution in [0.2, 0.25) is 0 Å². The molecule has 2 fully saturated rings. The molecule has 3 heteroatoms. The Labute approximate surface area is 122 Å². The highest BCUT2D eigenvalue weighted by atomic mass is 15.2. The Hall–Kier alpha value is -0.930. The average Bonchev–Trinajstić information content (AvgIpc) is 3.25. The molecule has 0 aromatic carbocycles. The Morgan fingerprint density at radius 1 is 1.15 bits per heavy atom. The number of nitrogens with zero attached hydrogens (tertiary/aromatic N) is 2. The van der Waals surface area contributed by atoms with Gasteiger partial charge < -0.3 is 5.32 Å². The lowest BCUT2D eigenvalue weighted by Crippen LogP contribution is -2.40. The standard InChI is InChI=1S/C17H27N3/c1-13-6-7-14(2)20(11-13)12-17-5-3-4-16(19-17)10-18-15-8-9-15/h3-5,13-15,18H,6-12H2,1-2H3. The molecule has 2 heterocycles. The van der Waals surface area contributed by atoms with Crippen molar-refractivity contribution in [1.29, 1.82) is 0 Å². The van der Waals surface area contributed by atoms with E-state index in [1.165, 1.54) is 43.6 Å². The molecule has 0 radical (unpaired) electrons. The van der Waals surface area contributed by atoms with E-state index >= 15 is 0 Å². The Balaban J connectivity index is 1.59. The molecule has 1 saturated heterocycles. The summed E-state index contributed by atoms with van der Waals surface area (Å²) in [6, 6.07) is 7.92. The SMILES string of the molecule is CC1CCC(C)N(Cc2cccc(CNC3CC3)n2)C1. The van der Waals surface area contributed by atoms with Gasteiger partial charge in [0.05, 0.1) is 11.4 Å². The van der Waals surface area contributed by atoms with Crippen LogP contribution in [0.3, 0.4) is 0 Å². The van der Waals surface area contributed by atoms with Crippen LogP contribution in [0.15, 0.2) is 18.2 Å². The third-order valence-corrected chi connectivity index (χ3v) is 4.63. The summed E-state index contributed by atoms with van der Waals surface area (Å²) in [6.07, 6.45) is 5.37. The van der Waals surface area contributed by atoms with E-state index in [1.54, 1.807) is 0 Å². The number of likely N-dealkylation sites (tertiary alicyclic amines) is 1. The van der Waals surface area contributed by atoms with Crippen molar-refractivity contribution < 1.29 is 0 Å². The maximum atomic E-state index is 4.82. The maximum absolute atomic E-state index is 4.82. The van der Waals surface area contributed by atoms with Gasteiger partial charge in [0.15, 0.2) is 0 Å². The largest absolute Gasteiger partial charge is 0.308 e. The van der Waals surface area contributed by atoms with Crippen molar-refractivity contribution in [2.24, 2.45) is 5.92 Å². The summed E-state index contributed by atoms with van der Waals surface area (Å²) in [5, 5.41) is 3.54. The minimum absolute atomic E-state index is 0.696. The average molecular weight is 273 g/mol. The Bertz CT molecular complexity index is 442. The quantitative estimate of drug-likeness (QED) is 0.894. The van der Waals surface area contributed by atoms with Gasteiger partial charge in [0.2, 0.25) is 0 Å². The van der Waals surface area contributed by atoms with E-state index < -0.39 is 0 Å². The van der Waals surface area contributed by atoms with Crippen LogP contribution in [0.25, 0.3) is 0 Å². The molecule has 1 aromatic rings. The molecule has 2 unspecified atom stereocenters. The molecular formula is C17H27N3. The van der Waals surface area contributed by atoms with Crippen LogP contribution in [-0.2, 0) is 13.1 Å². The smallest absolute Gasteiger partial charge is 0.0547 e. The summed E-state index contributed by atoms with van der Waals surface area (Å²) in [7, 11) is 0. The van der Waals surface area contributed by atoms with Gasteiger partial charge in [0.25, 0.3) is 0 Å². The minimum Gasteiger partial charge on any atom is -0.308 e. The third-order valence-electron chi connectivity index (χ3n) is 4.63. The lowest BCUT2D eigenvalue weighted by atomic mass is 9.95. The van der Waals surface area contributed by atoms with Crippen molar-refractivity contribution in [2.75, 3.05) is 6.54 Å². The first-order valence-electron chi connectivity index (χ1n) is 8.13. The van der Waals surface area contributed by atoms with Crippen molar-refractivity contribution in [3.05, 3.63) is 29.6 Å². The van der Waals surface area contributed by atoms with Crippen LogP contribution in [0.1, 0.15) is 50.9 Å². The van der Waals surface area contributed by atoms with E-state index in [2.05, 4.69) is 42.3 Å². The van der Waals surface area contributed by atoms with Crippen molar-refractivity contribution in [3.8, 4) is 0 Å². The molecule has 2 atom stereocenters. The first-order chi connectivity index (χ1) is 9.70. The van der Waals surface area contributed by atoms with Crippen LogP contribution in [-0.4, -0.2) is 28.5 Å². The van der Waals surface area contributed by atoms with E-state index in [0.29, 0.717) is 6.04 Å². The normalized spacial score (nSPS) is 27.7. The fourth-order valence-corrected chi connectivity index (χ4v) is 3.06. The van der Waals surface area contributed by atoms with Gasteiger partial charge in [-0.3, -0.25) is 9.88 Å². The van der Waals surface area contributed by atoms with Crippen LogP contribution >= 0.6 is 0 Å². The topological polar surface area (TPSA) is 28.2 Å². The van der Waals surface area contributed by atoms with Crippen molar-refractivity contribution in [3.63, 3.8) is 0 Å². The van der Waals surface area contributed by atoms with Crippen molar-refractivity contribution in [2.45, 2.75) is 64.7 Å². The molecule has 1 aromatic heterocycles. The molecule has 1 aliphatic heterocycles. The lowest BCUT2D eigenvalue weighted by molar-refractivity contribution is 0.116. The van der Waals surface area contributed by atoms with E-state index in [1.807, 2.05) is 0 Å². The fourth-order valence-electron chi connectivity index (χ4n) is 3.06. The third kappa shape index (κ3) is 3.80. The molecule has 1 aliphatic carbocycles. The number of aromatic nitrogens is 1. The summed E-state index contributed by atoms with van der Waals surface area (Å²) in [5.74, 6) is 0.825. The summed E-state index contributed by atoms with van der Waals surface area (Å²) in [5.41, 5.74) is 2.41. The second kappa shape index (κ2) is 6.23. The van der Waals surface area contributed by atoms with Crippen LogP contribution in [0, 0.1) is 5.92 Å². The monoisotopic (exact) mass is 273 g/mol. The van der Waals surface area contributed by atoms with E-state index in [9.17, 15) is 0 Å². The Kier molecular flexibility index (Phi) is 4.37.